The van der Waals surface area contributed by atoms with Crippen molar-refractivity contribution in [2.24, 2.45) is 0 Å². The smallest absolute Gasteiger partial charge is 0.132 e. The molecule has 1 aliphatic rings. The molecule has 1 aliphatic heterocycles. The molecule has 1 fully saturated rings. The average Bonchev–Trinajstić information content (AvgIpc) is 2.86. The first kappa shape index (κ1) is 9.55. The van der Waals surface area contributed by atoms with E-state index in [1.807, 2.05) is 18.2 Å². The Hall–Kier alpha value is -0.000000000000000111. The number of hydrogen-bond acceptors (Lipinski definition) is 2. The van der Waals surface area contributed by atoms with Crippen molar-refractivity contribution < 1.29 is 9.47 Å². The van der Waals surface area contributed by atoms with Crippen LogP contribution < -0.4 is 4.74 Å². The highest BCUT2D eigenvalue weighted by Crippen LogP contribution is 2.25. The Morgan fingerprint density at radius 3 is 3.00 bits per heavy atom. The minimum atomic E-state index is 0.298. The van der Waals surface area contributed by atoms with Crippen LogP contribution >= 0.6 is 34.2 Å². The van der Waals surface area contributed by atoms with E-state index in [4.69, 9.17) is 21.1 Å². The number of benzene rings is 1. The summed E-state index contributed by atoms with van der Waals surface area (Å²) in [4.78, 5) is 0. The zero-order chi connectivity index (χ0) is 9.26. The van der Waals surface area contributed by atoms with Crippen molar-refractivity contribution in [2.75, 3.05) is 13.2 Å². The largest absolute Gasteiger partial charge is 0.490 e. The summed E-state index contributed by atoms with van der Waals surface area (Å²) in [6, 6.07) is 5.59. The monoisotopic (exact) mass is 310 g/mol. The van der Waals surface area contributed by atoms with E-state index in [1.54, 1.807) is 0 Å². The first-order valence-electron chi connectivity index (χ1n) is 3.95. The molecule has 0 N–H and O–H groups in total. The molecule has 0 aromatic heterocycles. The molecule has 0 saturated carbocycles. The van der Waals surface area contributed by atoms with Crippen molar-refractivity contribution in [1.82, 2.24) is 0 Å². The average molecular weight is 311 g/mol. The van der Waals surface area contributed by atoms with Crippen LogP contribution in [0.3, 0.4) is 0 Å². The van der Waals surface area contributed by atoms with Gasteiger partial charge in [-0.25, -0.2) is 0 Å². The van der Waals surface area contributed by atoms with E-state index in [1.165, 1.54) is 0 Å². The first-order chi connectivity index (χ1) is 6.25. The van der Waals surface area contributed by atoms with Crippen LogP contribution in [-0.4, -0.2) is 19.3 Å². The molecule has 0 aliphatic carbocycles. The number of hydrogen-bond donors (Lipinski definition) is 0. The highest BCUT2D eigenvalue weighted by molar-refractivity contribution is 14.1. The maximum atomic E-state index is 5.81. The quantitative estimate of drug-likeness (QED) is 0.632. The maximum Gasteiger partial charge on any atom is 0.132 e. The summed E-state index contributed by atoms with van der Waals surface area (Å²) in [6.07, 6.45) is 0.298. The number of rotatable bonds is 3. The van der Waals surface area contributed by atoms with E-state index in [2.05, 4.69) is 22.6 Å². The molecule has 0 spiro atoms. The standard InChI is InChI=1S/C9H8ClIO2/c10-6-1-2-9(8(11)3-6)13-5-7-4-12-7/h1-3,7H,4-5H2/t7-/m1/s1. The lowest BCUT2D eigenvalue weighted by atomic mass is 10.3. The van der Waals surface area contributed by atoms with Gasteiger partial charge in [-0.3, -0.25) is 0 Å². The third kappa shape index (κ3) is 2.72. The van der Waals surface area contributed by atoms with E-state index in [-0.39, 0.29) is 0 Å². The van der Waals surface area contributed by atoms with Gasteiger partial charge in [-0.05, 0) is 40.8 Å². The van der Waals surface area contributed by atoms with Crippen LogP contribution in [0.5, 0.6) is 5.75 Å². The molecule has 1 atom stereocenters. The van der Waals surface area contributed by atoms with Gasteiger partial charge < -0.3 is 9.47 Å². The van der Waals surface area contributed by atoms with Gasteiger partial charge in [0.05, 0.1) is 10.2 Å². The van der Waals surface area contributed by atoms with Crippen LogP contribution in [0.15, 0.2) is 18.2 Å². The number of epoxide rings is 1. The van der Waals surface area contributed by atoms with Gasteiger partial charge in [0.15, 0.2) is 0 Å². The zero-order valence-corrected chi connectivity index (χ0v) is 9.71. The van der Waals surface area contributed by atoms with Gasteiger partial charge in [0.25, 0.3) is 0 Å². The topological polar surface area (TPSA) is 21.8 Å². The molecule has 1 heterocycles. The van der Waals surface area contributed by atoms with Gasteiger partial charge in [0, 0.05) is 5.02 Å². The Bertz CT molecular complexity index is 312. The molecule has 2 nitrogen and oxygen atoms in total. The van der Waals surface area contributed by atoms with Crippen LogP contribution in [0.2, 0.25) is 5.02 Å². The lowest BCUT2D eigenvalue weighted by Gasteiger charge is -2.06. The van der Waals surface area contributed by atoms with E-state index in [0.717, 1.165) is 20.9 Å². The second-order valence-electron chi connectivity index (χ2n) is 2.84. The Kier molecular flexibility index (Phi) is 2.96. The minimum Gasteiger partial charge on any atom is -0.490 e. The van der Waals surface area contributed by atoms with E-state index < -0.39 is 0 Å². The number of ether oxygens (including phenoxy) is 2. The third-order valence-electron chi connectivity index (χ3n) is 1.72. The molecule has 0 unspecified atom stereocenters. The normalized spacial score (nSPS) is 20.0. The van der Waals surface area contributed by atoms with Crippen molar-refractivity contribution >= 4 is 34.2 Å². The summed E-state index contributed by atoms with van der Waals surface area (Å²) in [5, 5.41) is 0.736. The molecular formula is C9H8ClIO2. The van der Waals surface area contributed by atoms with Crippen molar-refractivity contribution in [3.05, 3.63) is 26.8 Å². The highest BCUT2D eigenvalue weighted by atomic mass is 127. The molecular weight excluding hydrogens is 302 g/mol. The summed E-state index contributed by atoms with van der Waals surface area (Å²) in [6.45, 7) is 1.46. The van der Waals surface area contributed by atoms with Crippen molar-refractivity contribution in [3.8, 4) is 5.75 Å². The molecule has 4 heteroatoms. The molecule has 0 amide bonds. The van der Waals surface area contributed by atoms with E-state index in [9.17, 15) is 0 Å². The van der Waals surface area contributed by atoms with Crippen LogP contribution in [0, 0.1) is 3.57 Å². The fourth-order valence-electron chi connectivity index (χ4n) is 0.939. The van der Waals surface area contributed by atoms with Gasteiger partial charge in [-0.2, -0.15) is 0 Å². The Morgan fingerprint density at radius 2 is 2.38 bits per heavy atom. The predicted octanol–water partition coefficient (Wildman–Crippen LogP) is 2.72. The highest BCUT2D eigenvalue weighted by Gasteiger charge is 2.23. The lowest BCUT2D eigenvalue weighted by Crippen LogP contribution is -2.04. The second kappa shape index (κ2) is 4.02. The first-order valence-corrected chi connectivity index (χ1v) is 5.41. The van der Waals surface area contributed by atoms with Gasteiger partial charge >= 0.3 is 0 Å². The molecule has 0 bridgehead atoms. The molecule has 70 valence electrons. The van der Waals surface area contributed by atoms with Gasteiger partial charge in [0.1, 0.15) is 18.5 Å². The molecule has 1 aromatic rings. The predicted molar refractivity (Wildman–Crippen MR) is 59.4 cm³/mol. The second-order valence-corrected chi connectivity index (χ2v) is 4.44. The lowest BCUT2D eigenvalue weighted by molar-refractivity contribution is 0.261. The van der Waals surface area contributed by atoms with Crippen molar-refractivity contribution in [3.63, 3.8) is 0 Å². The number of halogens is 2. The van der Waals surface area contributed by atoms with Gasteiger partial charge in [-0.1, -0.05) is 11.6 Å². The third-order valence-corrected chi connectivity index (χ3v) is 2.80. The summed E-state index contributed by atoms with van der Waals surface area (Å²) in [7, 11) is 0. The Morgan fingerprint density at radius 1 is 1.62 bits per heavy atom. The fraction of sp³-hybridized carbons (Fsp3) is 0.333. The summed E-state index contributed by atoms with van der Waals surface area (Å²) in [5.74, 6) is 0.875. The Labute approximate surface area is 95.3 Å². The fourth-order valence-corrected chi connectivity index (χ4v) is 1.97. The van der Waals surface area contributed by atoms with E-state index in [0.29, 0.717) is 12.7 Å². The molecule has 0 radical (unpaired) electrons. The van der Waals surface area contributed by atoms with Gasteiger partial charge in [-0.15, -0.1) is 0 Å². The van der Waals surface area contributed by atoms with Crippen molar-refractivity contribution in [2.45, 2.75) is 6.10 Å². The molecule has 1 aromatic carbocycles. The maximum absolute atomic E-state index is 5.81. The zero-order valence-electron chi connectivity index (χ0n) is 6.80. The molecule has 13 heavy (non-hydrogen) atoms. The summed E-state index contributed by atoms with van der Waals surface area (Å²) in [5.41, 5.74) is 0. The molecule has 1 saturated heterocycles. The SMILES string of the molecule is Clc1ccc(OC[C@H]2CO2)c(I)c1. The van der Waals surface area contributed by atoms with Gasteiger partial charge in [0.2, 0.25) is 0 Å². The van der Waals surface area contributed by atoms with Crippen LogP contribution in [0.25, 0.3) is 0 Å². The molecule has 2 rings (SSSR count). The minimum absolute atomic E-state index is 0.298. The van der Waals surface area contributed by atoms with Crippen LogP contribution in [0.1, 0.15) is 0 Å². The van der Waals surface area contributed by atoms with Crippen molar-refractivity contribution in [1.29, 1.82) is 0 Å². The van der Waals surface area contributed by atoms with Crippen LogP contribution in [0.4, 0.5) is 0 Å². The Balaban J connectivity index is 2.01. The summed E-state index contributed by atoms with van der Waals surface area (Å²) >= 11 is 8.01. The van der Waals surface area contributed by atoms with E-state index >= 15 is 0 Å². The van der Waals surface area contributed by atoms with Crippen LogP contribution in [-0.2, 0) is 4.74 Å². The summed E-state index contributed by atoms with van der Waals surface area (Å²) < 4.78 is 11.6.